The Labute approximate surface area is 219 Å². The molecule has 6 rings (SSSR count). The number of aromatic nitrogens is 2. The topological polar surface area (TPSA) is 38.9 Å². The molecule has 0 N–H and O–H groups in total. The van der Waals surface area contributed by atoms with Gasteiger partial charge >= 0.3 is 0 Å². The van der Waals surface area contributed by atoms with Crippen molar-refractivity contribution in [2.24, 2.45) is 0 Å². The van der Waals surface area contributed by atoms with Crippen molar-refractivity contribution >= 4 is 21.9 Å². The number of fused-ring (bicyclic) bond motifs is 3. The molecule has 3 nitrogen and oxygen atoms in total. The van der Waals surface area contributed by atoms with Crippen molar-refractivity contribution in [2.75, 3.05) is 0 Å². The Morgan fingerprint density at radius 3 is 2.03 bits per heavy atom. The van der Waals surface area contributed by atoms with Crippen LogP contribution in [0.1, 0.15) is 25.3 Å². The summed E-state index contributed by atoms with van der Waals surface area (Å²) in [6, 6.07) is 36.4. The van der Waals surface area contributed by atoms with Gasteiger partial charge in [-0.3, -0.25) is 0 Å². The van der Waals surface area contributed by atoms with Gasteiger partial charge in [-0.05, 0) is 35.0 Å². The molecule has 3 heterocycles. The van der Waals surface area contributed by atoms with Crippen LogP contribution in [0.2, 0.25) is 0 Å². The smallest absolute Gasteiger partial charge is 0.124 e. The summed E-state index contributed by atoms with van der Waals surface area (Å²) in [7, 11) is 0. The normalized spacial score (nSPS) is 10.6. The molecule has 4 heteroatoms. The van der Waals surface area contributed by atoms with E-state index in [1.165, 1.54) is 5.56 Å². The number of hydrogen-bond donors (Lipinski definition) is 0. The summed E-state index contributed by atoms with van der Waals surface area (Å²) >= 11 is 0. The molecule has 3 aromatic heterocycles. The summed E-state index contributed by atoms with van der Waals surface area (Å²) in [5.74, 6) is 0.423. The number of rotatable bonds is 3. The van der Waals surface area contributed by atoms with Crippen LogP contribution in [0, 0.1) is 12.1 Å². The van der Waals surface area contributed by atoms with Gasteiger partial charge in [-0.15, -0.1) is 54.1 Å². The Morgan fingerprint density at radius 1 is 0.657 bits per heavy atom. The summed E-state index contributed by atoms with van der Waals surface area (Å²) < 4.78 is 6.26. The van der Waals surface area contributed by atoms with Crippen LogP contribution in [0.25, 0.3) is 44.5 Å². The minimum atomic E-state index is 0. The van der Waals surface area contributed by atoms with Crippen LogP contribution >= 0.6 is 0 Å². The molecule has 35 heavy (non-hydrogen) atoms. The van der Waals surface area contributed by atoms with Crippen LogP contribution < -0.4 is 0 Å². The maximum absolute atomic E-state index is 6.26. The summed E-state index contributed by atoms with van der Waals surface area (Å²) in [6.45, 7) is 4.38. The Morgan fingerprint density at radius 2 is 1.37 bits per heavy atom. The first-order valence-corrected chi connectivity index (χ1v) is 11.4. The maximum Gasteiger partial charge on any atom is 0.124 e. The molecule has 0 aliphatic carbocycles. The SMILES string of the molecule is CC(C)c1cccc2c1oc1c(-c3ccccn3)[c-]ccc12.[Ir].[c-]1ccccc1-c1ccccn1. The van der Waals surface area contributed by atoms with Gasteiger partial charge in [0.2, 0.25) is 0 Å². The number of para-hydroxylation sites is 1. The largest absolute Gasteiger partial charge is 0.500 e. The molecule has 3 aromatic carbocycles. The van der Waals surface area contributed by atoms with Gasteiger partial charge in [-0.25, -0.2) is 0 Å². The van der Waals surface area contributed by atoms with Gasteiger partial charge < -0.3 is 14.4 Å². The van der Waals surface area contributed by atoms with Gasteiger partial charge in [0.1, 0.15) is 5.58 Å². The Kier molecular flexibility index (Phi) is 7.87. The average molecular weight is 633 g/mol. The second-order valence-corrected chi connectivity index (χ2v) is 8.28. The van der Waals surface area contributed by atoms with Crippen LogP contribution in [-0.4, -0.2) is 9.97 Å². The van der Waals surface area contributed by atoms with E-state index in [9.17, 15) is 0 Å². The van der Waals surface area contributed by atoms with Crippen molar-refractivity contribution in [3.8, 4) is 22.5 Å². The van der Waals surface area contributed by atoms with E-state index in [1.807, 2.05) is 66.7 Å². The molecule has 0 aliphatic rings. The van der Waals surface area contributed by atoms with E-state index in [4.69, 9.17) is 4.42 Å². The first-order valence-electron chi connectivity index (χ1n) is 11.4. The summed E-state index contributed by atoms with van der Waals surface area (Å²) in [4.78, 5) is 8.65. The second kappa shape index (κ2) is 11.2. The molecule has 0 amide bonds. The van der Waals surface area contributed by atoms with Crippen molar-refractivity contribution in [3.05, 3.63) is 121 Å². The van der Waals surface area contributed by atoms with Crippen molar-refractivity contribution in [1.29, 1.82) is 0 Å². The fourth-order valence-electron chi connectivity index (χ4n) is 4.02. The quantitative estimate of drug-likeness (QED) is 0.185. The van der Waals surface area contributed by atoms with E-state index >= 15 is 0 Å². The predicted molar refractivity (Wildman–Crippen MR) is 138 cm³/mol. The van der Waals surface area contributed by atoms with Crippen LogP contribution in [0.4, 0.5) is 0 Å². The molecular formula is C31H24IrN2O-2. The molecule has 0 saturated carbocycles. The number of benzene rings is 3. The first kappa shape index (κ1) is 24.5. The van der Waals surface area contributed by atoms with Gasteiger partial charge in [-0.2, -0.15) is 0 Å². The van der Waals surface area contributed by atoms with E-state index in [0.717, 1.165) is 44.5 Å². The number of hydrogen-bond acceptors (Lipinski definition) is 3. The Hall–Kier alpha value is -3.59. The monoisotopic (exact) mass is 633 g/mol. The van der Waals surface area contributed by atoms with Crippen molar-refractivity contribution in [2.45, 2.75) is 19.8 Å². The van der Waals surface area contributed by atoms with E-state index < -0.39 is 0 Å². The molecule has 175 valence electrons. The number of furan rings is 1. The molecule has 0 saturated heterocycles. The fraction of sp³-hybridized carbons (Fsp3) is 0.0968. The zero-order chi connectivity index (χ0) is 23.3. The Bertz CT molecular complexity index is 1470. The minimum Gasteiger partial charge on any atom is -0.500 e. The van der Waals surface area contributed by atoms with Gasteiger partial charge in [0.15, 0.2) is 0 Å². The number of pyridine rings is 2. The van der Waals surface area contributed by atoms with E-state index in [2.05, 4.69) is 60.2 Å². The minimum absolute atomic E-state index is 0. The fourth-order valence-corrected chi connectivity index (χ4v) is 4.02. The zero-order valence-corrected chi connectivity index (χ0v) is 21.9. The van der Waals surface area contributed by atoms with E-state index in [-0.39, 0.29) is 20.1 Å². The molecule has 0 spiro atoms. The van der Waals surface area contributed by atoms with Crippen LogP contribution in [-0.2, 0) is 20.1 Å². The molecular weight excluding hydrogens is 609 g/mol. The molecule has 0 bridgehead atoms. The predicted octanol–water partition coefficient (Wildman–Crippen LogP) is 8.12. The second-order valence-electron chi connectivity index (χ2n) is 8.28. The molecule has 0 atom stereocenters. The van der Waals surface area contributed by atoms with Crippen molar-refractivity contribution < 1.29 is 24.5 Å². The number of nitrogens with zero attached hydrogens (tertiary/aromatic N) is 2. The average Bonchev–Trinajstić information content (AvgIpc) is 3.29. The van der Waals surface area contributed by atoms with Crippen LogP contribution in [0.5, 0.6) is 0 Å². The van der Waals surface area contributed by atoms with Crippen molar-refractivity contribution in [3.63, 3.8) is 0 Å². The van der Waals surface area contributed by atoms with Crippen LogP contribution in [0.3, 0.4) is 0 Å². The van der Waals surface area contributed by atoms with Gasteiger partial charge in [0.05, 0.1) is 5.58 Å². The zero-order valence-electron chi connectivity index (χ0n) is 19.5. The third kappa shape index (κ3) is 5.24. The van der Waals surface area contributed by atoms with Gasteiger partial charge in [0.25, 0.3) is 0 Å². The summed E-state index contributed by atoms with van der Waals surface area (Å²) in [5.41, 5.74) is 6.90. The first-order chi connectivity index (χ1) is 16.7. The van der Waals surface area contributed by atoms with Crippen molar-refractivity contribution in [1.82, 2.24) is 9.97 Å². The molecule has 1 radical (unpaired) electrons. The Balaban J connectivity index is 0.000000189. The summed E-state index contributed by atoms with van der Waals surface area (Å²) in [5, 5.41) is 2.28. The maximum atomic E-state index is 6.26. The summed E-state index contributed by atoms with van der Waals surface area (Å²) in [6.07, 6.45) is 3.58. The van der Waals surface area contributed by atoms with E-state index in [0.29, 0.717) is 5.92 Å². The molecule has 0 fully saturated rings. The van der Waals surface area contributed by atoms with E-state index in [1.54, 1.807) is 12.4 Å². The van der Waals surface area contributed by atoms with Gasteiger partial charge in [-0.1, -0.05) is 67.3 Å². The van der Waals surface area contributed by atoms with Gasteiger partial charge in [0, 0.05) is 37.9 Å². The standard InChI is InChI=1S/C20H16NO.C11H8N.Ir/c1-13(2)14-7-5-8-15-16-9-6-10-17(20(16)22-19(14)15)18-11-3-4-12-21-18;1-2-6-10(7-3-1)11-8-4-5-9-12-11;/h3-9,11-13H,1-2H3;1-6,8-9H;/q2*-1;. The molecule has 6 aromatic rings. The third-order valence-corrected chi connectivity index (χ3v) is 5.68. The third-order valence-electron chi connectivity index (χ3n) is 5.68. The molecule has 0 unspecified atom stereocenters. The molecule has 0 aliphatic heterocycles. The van der Waals surface area contributed by atoms with Crippen LogP contribution in [0.15, 0.2) is 108 Å².